The van der Waals surface area contributed by atoms with Gasteiger partial charge in [0.05, 0.1) is 13.2 Å². The minimum atomic E-state index is -0.204. The summed E-state index contributed by atoms with van der Waals surface area (Å²) in [7, 11) is 0. The molecule has 0 aromatic carbocycles. The first-order valence-electron chi connectivity index (χ1n) is 6.10. The predicted octanol–water partition coefficient (Wildman–Crippen LogP) is 2.21. The van der Waals surface area contributed by atoms with E-state index in [9.17, 15) is 9.59 Å². The van der Waals surface area contributed by atoms with Gasteiger partial charge in [0, 0.05) is 12.8 Å². The van der Waals surface area contributed by atoms with Crippen molar-refractivity contribution in [3.05, 3.63) is 0 Å². The van der Waals surface area contributed by atoms with E-state index in [4.69, 9.17) is 9.47 Å². The van der Waals surface area contributed by atoms with Crippen LogP contribution in [-0.2, 0) is 19.1 Å². The first kappa shape index (κ1) is 13.0. The molecule has 0 aromatic rings. The van der Waals surface area contributed by atoms with E-state index in [1.54, 1.807) is 0 Å². The van der Waals surface area contributed by atoms with Gasteiger partial charge in [0.2, 0.25) is 0 Å². The summed E-state index contributed by atoms with van der Waals surface area (Å²) in [6.45, 7) is 1.03. The molecule has 0 bridgehead atoms. The molecule has 92 valence electrons. The van der Waals surface area contributed by atoms with Crippen LogP contribution in [0.4, 0.5) is 0 Å². The molecule has 0 aromatic heterocycles. The van der Waals surface area contributed by atoms with Gasteiger partial charge in [0.25, 0.3) is 0 Å². The van der Waals surface area contributed by atoms with E-state index in [1.807, 2.05) is 0 Å². The van der Waals surface area contributed by atoms with Crippen molar-refractivity contribution in [2.24, 2.45) is 0 Å². The summed E-state index contributed by atoms with van der Waals surface area (Å²) < 4.78 is 10.1. The molecule has 0 N–H and O–H groups in total. The smallest absolute Gasteiger partial charge is 0.305 e. The lowest BCUT2D eigenvalue weighted by Crippen LogP contribution is -2.10. The maximum atomic E-state index is 11.2. The van der Waals surface area contributed by atoms with Crippen molar-refractivity contribution in [1.29, 1.82) is 0 Å². The van der Waals surface area contributed by atoms with Crippen molar-refractivity contribution >= 4 is 11.9 Å². The third kappa shape index (κ3) is 6.43. The Bertz CT molecular complexity index is 203. The van der Waals surface area contributed by atoms with E-state index >= 15 is 0 Å². The molecule has 0 aliphatic carbocycles. The average Bonchev–Trinajstić information content (AvgIpc) is 2.26. The van der Waals surface area contributed by atoms with Crippen LogP contribution in [0, 0.1) is 0 Å². The topological polar surface area (TPSA) is 52.6 Å². The van der Waals surface area contributed by atoms with Gasteiger partial charge in [-0.25, -0.2) is 0 Å². The lowest BCUT2D eigenvalue weighted by molar-refractivity contribution is -0.145. The number of hydrogen-bond acceptors (Lipinski definition) is 4. The summed E-state index contributed by atoms with van der Waals surface area (Å²) in [5.41, 5.74) is 0. The monoisotopic (exact) mass is 228 g/mol. The molecule has 0 atom stereocenters. The number of rotatable bonds is 0. The summed E-state index contributed by atoms with van der Waals surface area (Å²) in [5.74, 6) is -0.408. The second-order valence-corrected chi connectivity index (χ2v) is 4.06. The first-order valence-corrected chi connectivity index (χ1v) is 6.10. The molecule has 0 saturated carbocycles. The molecule has 0 spiro atoms. The first-order chi connectivity index (χ1) is 7.79. The van der Waals surface area contributed by atoms with Crippen molar-refractivity contribution in [2.75, 3.05) is 13.2 Å². The van der Waals surface area contributed by atoms with E-state index in [0.717, 1.165) is 32.1 Å². The zero-order chi connectivity index (χ0) is 11.6. The second-order valence-electron chi connectivity index (χ2n) is 4.06. The summed E-state index contributed by atoms with van der Waals surface area (Å²) in [6.07, 6.45) is 6.27. The third-order valence-corrected chi connectivity index (χ3v) is 2.58. The quantitative estimate of drug-likeness (QED) is 0.596. The highest BCUT2D eigenvalue weighted by atomic mass is 16.5. The summed E-state index contributed by atoms with van der Waals surface area (Å²) >= 11 is 0. The normalized spacial score (nSPS) is 21.8. The molecule has 1 fully saturated rings. The average molecular weight is 228 g/mol. The Morgan fingerprint density at radius 1 is 0.625 bits per heavy atom. The molecule has 1 aliphatic rings. The maximum absolute atomic E-state index is 11.2. The van der Waals surface area contributed by atoms with Gasteiger partial charge in [-0.3, -0.25) is 9.59 Å². The van der Waals surface area contributed by atoms with Gasteiger partial charge in [-0.2, -0.15) is 0 Å². The Morgan fingerprint density at radius 2 is 1.06 bits per heavy atom. The van der Waals surface area contributed by atoms with Crippen LogP contribution < -0.4 is 0 Å². The number of ether oxygens (including phenoxy) is 2. The molecule has 4 nitrogen and oxygen atoms in total. The van der Waals surface area contributed by atoms with Crippen molar-refractivity contribution < 1.29 is 19.1 Å². The van der Waals surface area contributed by atoms with Gasteiger partial charge in [-0.05, 0) is 19.3 Å². The van der Waals surface area contributed by atoms with Crippen LogP contribution in [0.25, 0.3) is 0 Å². The number of esters is 2. The molecular weight excluding hydrogens is 208 g/mol. The highest BCUT2D eigenvalue weighted by Gasteiger charge is 2.07. The Balaban J connectivity index is 2.25. The highest BCUT2D eigenvalue weighted by Crippen LogP contribution is 2.07. The molecular formula is C12H20O4. The van der Waals surface area contributed by atoms with Crippen molar-refractivity contribution in [1.82, 2.24) is 0 Å². The molecule has 4 heteroatoms. The van der Waals surface area contributed by atoms with E-state index in [0.29, 0.717) is 32.5 Å². The van der Waals surface area contributed by atoms with E-state index in [2.05, 4.69) is 0 Å². The third-order valence-electron chi connectivity index (χ3n) is 2.58. The molecule has 16 heavy (non-hydrogen) atoms. The van der Waals surface area contributed by atoms with Crippen LogP contribution in [0.3, 0.4) is 0 Å². The maximum Gasteiger partial charge on any atom is 0.305 e. The van der Waals surface area contributed by atoms with Crippen LogP contribution >= 0.6 is 0 Å². The van der Waals surface area contributed by atoms with E-state index < -0.39 is 0 Å². The SMILES string of the molecule is O=C1CCCC(=O)OCCCCCCCO1. The van der Waals surface area contributed by atoms with Crippen LogP contribution in [-0.4, -0.2) is 25.2 Å². The Morgan fingerprint density at radius 3 is 1.56 bits per heavy atom. The van der Waals surface area contributed by atoms with Crippen LogP contribution in [0.2, 0.25) is 0 Å². The molecule has 1 saturated heterocycles. The van der Waals surface area contributed by atoms with Gasteiger partial charge in [0.15, 0.2) is 0 Å². The van der Waals surface area contributed by atoms with Gasteiger partial charge in [-0.15, -0.1) is 0 Å². The fraction of sp³-hybridized carbons (Fsp3) is 0.833. The zero-order valence-corrected chi connectivity index (χ0v) is 9.70. The molecule has 0 radical (unpaired) electrons. The number of carbonyl (C=O) groups excluding carboxylic acids is 2. The minimum Gasteiger partial charge on any atom is -0.466 e. The van der Waals surface area contributed by atoms with E-state index in [1.165, 1.54) is 0 Å². The largest absolute Gasteiger partial charge is 0.466 e. The van der Waals surface area contributed by atoms with Crippen LogP contribution in [0.5, 0.6) is 0 Å². The highest BCUT2D eigenvalue weighted by molar-refractivity contribution is 5.72. The van der Waals surface area contributed by atoms with Crippen molar-refractivity contribution in [2.45, 2.75) is 51.4 Å². The Hall–Kier alpha value is -1.06. The summed E-state index contributed by atoms with van der Waals surface area (Å²) in [6, 6.07) is 0. The van der Waals surface area contributed by atoms with E-state index in [-0.39, 0.29) is 11.9 Å². The second kappa shape index (κ2) is 8.13. The van der Waals surface area contributed by atoms with Gasteiger partial charge >= 0.3 is 11.9 Å². The molecule has 0 unspecified atom stereocenters. The van der Waals surface area contributed by atoms with Crippen molar-refractivity contribution in [3.63, 3.8) is 0 Å². The summed E-state index contributed by atoms with van der Waals surface area (Å²) in [5, 5.41) is 0. The van der Waals surface area contributed by atoms with Gasteiger partial charge < -0.3 is 9.47 Å². The minimum absolute atomic E-state index is 0.204. The van der Waals surface area contributed by atoms with Gasteiger partial charge in [0.1, 0.15) is 0 Å². The van der Waals surface area contributed by atoms with Gasteiger partial charge in [-0.1, -0.05) is 19.3 Å². The fourth-order valence-electron chi connectivity index (χ4n) is 1.63. The fourth-order valence-corrected chi connectivity index (χ4v) is 1.63. The van der Waals surface area contributed by atoms with Crippen molar-refractivity contribution in [3.8, 4) is 0 Å². The number of hydrogen-bond donors (Lipinski definition) is 0. The van der Waals surface area contributed by atoms with Crippen LogP contribution in [0.15, 0.2) is 0 Å². The van der Waals surface area contributed by atoms with Crippen LogP contribution in [0.1, 0.15) is 51.4 Å². The molecule has 1 rings (SSSR count). The summed E-state index contributed by atoms with van der Waals surface area (Å²) in [4.78, 5) is 22.4. The number of carbonyl (C=O) groups is 2. The predicted molar refractivity (Wildman–Crippen MR) is 58.9 cm³/mol. The molecule has 0 amide bonds. The Kier molecular flexibility index (Phi) is 6.61. The lowest BCUT2D eigenvalue weighted by atomic mass is 10.1. The molecule has 1 aliphatic heterocycles. The number of cyclic esters (lactones) is 2. The molecule has 1 heterocycles. The lowest BCUT2D eigenvalue weighted by Gasteiger charge is -2.07. The zero-order valence-electron chi connectivity index (χ0n) is 9.70. The Labute approximate surface area is 96.3 Å². The standard InChI is InChI=1S/C12H20O4/c13-11-7-6-8-12(14)16-10-5-3-1-2-4-9-15-11/h1-10H2.